The summed E-state index contributed by atoms with van der Waals surface area (Å²) in [5.74, 6) is -0.996. The van der Waals surface area contributed by atoms with E-state index in [0.717, 1.165) is 18.4 Å². The SMILES string of the molecule is O=C(O)C[C@@H]1CCCN1C(=O)c1cnn2ccccc12. The molecule has 1 N–H and O–H groups in total. The second-order valence-corrected chi connectivity index (χ2v) is 4.98. The molecule has 3 rings (SSSR count). The monoisotopic (exact) mass is 273 g/mol. The van der Waals surface area contributed by atoms with E-state index in [1.807, 2.05) is 18.2 Å². The van der Waals surface area contributed by atoms with Crippen molar-refractivity contribution < 1.29 is 14.7 Å². The lowest BCUT2D eigenvalue weighted by Crippen LogP contribution is -2.36. The summed E-state index contributed by atoms with van der Waals surface area (Å²) >= 11 is 0. The van der Waals surface area contributed by atoms with Gasteiger partial charge in [-0.05, 0) is 25.0 Å². The van der Waals surface area contributed by atoms with Crippen LogP contribution in [0.15, 0.2) is 30.6 Å². The van der Waals surface area contributed by atoms with Crippen LogP contribution in [0.3, 0.4) is 0 Å². The van der Waals surface area contributed by atoms with Gasteiger partial charge in [-0.2, -0.15) is 5.10 Å². The van der Waals surface area contributed by atoms with Crippen molar-refractivity contribution in [2.45, 2.75) is 25.3 Å². The summed E-state index contributed by atoms with van der Waals surface area (Å²) in [5.41, 5.74) is 1.28. The molecule has 1 aliphatic rings. The van der Waals surface area contributed by atoms with E-state index in [1.54, 1.807) is 21.8 Å². The molecule has 0 spiro atoms. The molecule has 0 aliphatic carbocycles. The number of aliphatic carboxylic acids is 1. The minimum absolute atomic E-state index is 0.00491. The first-order valence-electron chi connectivity index (χ1n) is 6.62. The molecule has 0 aromatic carbocycles. The molecule has 1 amide bonds. The number of amides is 1. The highest BCUT2D eigenvalue weighted by atomic mass is 16.4. The highest BCUT2D eigenvalue weighted by Crippen LogP contribution is 2.24. The number of rotatable bonds is 3. The highest BCUT2D eigenvalue weighted by molar-refractivity contribution is 6.01. The van der Waals surface area contributed by atoms with E-state index in [4.69, 9.17) is 5.11 Å². The van der Waals surface area contributed by atoms with Gasteiger partial charge < -0.3 is 10.0 Å². The first-order valence-corrected chi connectivity index (χ1v) is 6.62. The van der Waals surface area contributed by atoms with Crippen LogP contribution >= 0.6 is 0 Å². The summed E-state index contributed by atoms with van der Waals surface area (Å²) < 4.78 is 1.65. The summed E-state index contributed by atoms with van der Waals surface area (Å²) in [5, 5.41) is 13.1. The highest BCUT2D eigenvalue weighted by Gasteiger charge is 2.32. The lowest BCUT2D eigenvalue weighted by atomic mass is 10.1. The number of hydrogen-bond donors (Lipinski definition) is 1. The van der Waals surface area contributed by atoms with Gasteiger partial charge in [0.25, 0.3) is 5.91 Å². The third-order valence-corrected chi connectivity index (χ3v) is 3.71. The Morgan fingerprint density at radius 3 is 3.05 bits per heavy atom. The smallest absolute Gasteiger partial charge is 0.305 e. The van der Waals surface area contributed by atoms with Gasteiger partial charge >= 0.3 is 5.97 Å². The molecule has 0 unspecified atom stereocenters. The number of pyridine rings is 1. The zero-order valence-electron chi connectivity index (χ0n) is 10.9. The second-order valence-electron chi connectivity index (χ2n) is 4.98. The van der Waals surface area contributed by atoms with E-state index in [0.29, 0.717) is 12.1 Å². The molecule has 2 aromatic heterocycles. The zero-order valence-corrected chi connectivity index (χ0v) is 10.9. The number of nitrogens with zero attached hydrogens (tertiary/aromatic N) is 3. The summed E-state index contributed by atoms with van der Waals surface area (Å²) in [6.45, 7) is 0.612. The van der Waals surface area contributed by atoms with Crippen molar-refractivity contribution in [3.8, 4) is 0 Å². The predicted octanol–water partition coefficient (Wildman–Crippen LogP) is 1.41. The Labute approximate surface area is 115 Å². The fraction of sp³-hybridized carbons (Fsp3) is 0.357. The second kappa shape index (κ2) is 4.96. The molecule has 3 heterocycles. The van der Waals surface area contributed by atoms with Crippen LogP contribution in [0, 0.1) is 0 Å². The molecule has 1 aliphatic heterocycles. The molecular weight excluding hydrogens is 258 g/mol. The number of hydrogen-bond acceptors (Lipinski definition) is 3. The summed E-state index contributed by atoms with van der Waals surface area (Å²) in [6, 6.07) is 5.32. The van der Waals surface area contributed by atoms with Gasteiger partial charge in [-0.1, -0.05) is 6.07 Å². The lowest BCUT2D eigenvalue weighted by Gasteiger charge is -2.23. The molecule has 1 atom stereocenters. The number of carbonyl (C=O) groups excluding carboxylic acids is 1. The van der Waals surface area contributed by atoms with Crippen LogP contribution < -0.4 is 0 Å². The quantitative estimate of drug-likeness (QED) is 0.917. The maximum Gasteiger partial charge on any atom is 0.305 e. The number of likely N-dealkylation sites (tertiary alicyclic amines) is 1. The predicted molar refractivity (Wildman–Crippen MR) is 71.5 cm³/mol. The first-order chi connectivity index (χ1) is 9.66. The van der Waals surface area contributed by atoms with Crippen molar-refractivity contribution in [2.24, 2.45) is 0 Å². The first kappa shape index (κ1) is 12.7. The molecule has 0 bridgehead atoms. The number of carboxylic acids is 1. The van der Waals surface area contributed by atoms with Crippen molar-refractivity contribution in [3.63, 3.8) is 0 Å². The van der Waals surface area contributed by atoms with Gasteiger partial charge in [0, 0.05) is 18.8 Å². The van der Waals surface area contributed by atoms with Crippen LogP contribution in [0.25, 0.3) is 5.52 Å². The third-order valence-electron chi connectivity index (χ3n) is 3.71. The molecule has 2 aromatic rings. The van der Waals surface area contributed by atoms with Crippen molar-refractivity contribution in [2.75, 3.05) is 6.54 Å². The average molecular weight is 273 g/mol. The van der Waals surface area contributed by atoms with Gasteiger partial charge in [0.1, 0.15) is 0 Å². The standard InChI is InChI=1S/C14H15N3O3/c18-13(19)8-10-4-3-6-16(10)14(20)11-9-15-17-7-2-1-5-12(11)17/h1-2,5,7,9-10H,3-4,6,8H2,(H,18,19)/t10-/m0/s1. The largest absolute Gasteiger partial charge is 0.481 e. The maximum absolute atomic E-state index is 12.6. The van der Waals surface area contributed by atoms with Gasteiger partial charge in [0.05, 0.1) is 23.7 Å². The molecular formula is C14H15N3O3. The van der Waals surface area contributed by atoms with Gasteiger partial charge in [-0.25, -0.2) is 4.52 Å². The van der Waals surface area contributed by atoms with Crippen molar-refractivity contribution in [1.82, 2.24) is 14.5 Å². The normalized spacial score (nSPS) is 18.6. The van der Waals surface area contributed by atoms with Gasteiger partial charge in [-0.15, -0.1) is 0 Å². The van der Waals surface area contributed by atoms with E-state index in [2.05, 4.69) is 5.10 Å². The summed E-state index contributed by atoms with van der Waals surface area (Å²) in [6.07, 6.45) is 4.93. The molecule has 0 radical (unpaired) electrons. The molecule has 104 valence electrons. The van der Waals surface area contributed by atoms with Crippen LogP contribution in [0.5, 0.6) is 0 Å². The number of fused-ring (bicyclic) bond motifs is 1. The summed E-state index contributed by atoms with van der Waals surface area (Å²) in [4.78, 5) is 25.1. The molecule has 1 saturated heterocycles. The Hall–Kier alpha value is -2.37. The topological polar surface area (TPSA) is 74.9 Å². The van der Waals surface area contributed by atoms with E-state index in [9.17, 15) is 9.59 Å². The summed E-state index contributed by atoms with van der Waals surface area (Å²) in [7, 11) is 0. The minimum atomic E-state index is -0.866. The van der Waals surface area contributed by atoms with Crippen molar-refractivity contribution in [3.05, 3.63) is 36.2 Å². The fourth-order valence-electron chi connectivity index (χ4n) is 2.77. The van der Waals surface area contributed by atoms with Crippen molar-refractivity contribution >= 4 is 17.4 Å². The number of carboxylic acid groups (broad SMARTS) is 1. The molecule has 6 nitrogen and oxygen atoms in total. The van der Waals surface area contributed by atoms with Gasteiger partial charge in [0.15, 0.2) is 0 Å². The average Bonchev–Trinajstić information content (AvgIpc) is 3.03. The van der Waals surface area contributed by atoms with Crippen LogP contribution in [0.2, 0.25) is 0 Å². The molecule has 20 heavy (non-hydrogen) atoms. The Balaban J connectivity index is 1.90. The molecule has 1 fully saturated rings. The van der Waals surface area contributed by atoms with E-state index in [-0.39, 0.29) is 18.4 Å². The third kappa shape index (κ3) is 2.13. The van der Waals surface area contributed by atoms with Crippen LogP contribution in [-0.4, -0.2) is 44.1 Å². The fourth-order valence-corrected chi connectivity index (χ4v) is 2.77. The van der Waals surface area contributed by atoms with E-state index >= 15 is 0 Å². The number of carbonyl (C=O) groups is 2. The minimum Gasteiger partial charge on any atom is -0.481 e. The lowest BCUT2D eigenvalue weighted by molar-refractivity contribution is -0.137. The van der Waals surface area contributed by atoms with Crippen LogP contribution in [0.4, 0.5) is 0 Å². The van der Waals surface area contributed by atoms with Crippen LogP contribution in [0.1, 0.15) is 29.6 Å². The Kier molecular flexibility index (Phi) is 3.14. The maximum atomic E-state index is 12.6. The van der Waals surface area contributed by atoms with Crippen LogP contribution in [-0.2, 0) is 4.79 Å². The molecule has 6 heteroatoms. The van der Waals surface area contributed by atoms with Crippen molar-refractivity contribution in [1.29, 1.82) is 0 Å². The van der Waals surface area contributed by atoms with E-state index < -0.39 is 5.97 Å². The Bertz CT molecular complexity index is 664. The Morgan fingerprint density at radius 2 is 2.25 bits per heavy atom. The number of aromatic nitrogens is 2. The Morgan fingerprint density at radius 1 is 1.40 bits per heavy atom. The van der Waals surface area contributed by atoms with E-state index in [1.165, 1.54) is 0 Å². The van der Waals surface area contributed by atoms with Gasteiger partial charge in [-0.3, -0.25) is 9.59 Å². The van der Waals surface area contributed by atoms with Gasteiger partial charge in [0.2, 0.25) is 0 Å². The zero-order chi connectivity index (χ0) is 14.1. The molecule has 0 saturated carbocycles.